The number of aromatic nitrogens is 3. The van der Waals surface area contributed by atoms with Gasteiger partial charge in [0.1, 0.15) is 0 Å². The first-order valence-electron chi connectivity index (χ1n) is 10.7. The van der Waals surface area contributed by atoms with Gasteiger partial charge in [0.25, 0.3) is 0 Å². The van der Waals surface area contributed by atoms with Crippen molar-refractivity contribution in [1.29, 1.82) is 0 Å². The fraction of sp³-hybridized carbons (Fsp3) is 0.192. The third-order valence-corrected chi connectivity index (χ3v) is 7.01. The number of nitrogens with zero attached hydrogens (tertiary/aromatic N) is 3. The van der Waals surface area contributed by atoms with Crippen molar-refractivity contribution in [2.75, 3.05) is 19.5 Å². The van der Waals surface area contributed by atoms with E-state index in [1.807, 2.05) is 47.0 Å². The largest absolute Gasteiger partial charge is 0.383 e. The van der Waals surface area contributed by atoms with Crippen LogP contribution in [-0.4, -0.2) is 40.0 Å². The Bertz CT molecular complexity index is 1320. The van der Waals surface area contributed by atoms with Crippen molar-refractivity contribution in [3.05, 3.63) is 88.4 Å². The standard InChI is InChI=1S/C26H22ClN3O2S/c1-32-13-12-30-25(17-8-10-21(27)11-9-17)28-29-26(30)33-16-24(31)20-7-6-19-14-18-4-2-3-5-22(18)23(19)15-20/h2-11,15H,12-14,16H2,1H3. The van der Waals surface area contributed by atoms with Crippen molar-refractivity contribution in [2.24, 2.45) is 0 Å². The van der Waals surface area contributed by atoms with E-state index in [9.17, 15) is 4.79 Å². The van der Waals surface area contributed by atoms with E-state index >= 15 is 0 Å². The quantitative estimate of drug-likeness (QED) is 0.210. The molecule has 4 aromatic rings. The van der Waals surface area contributed by atoms with Gasteiger partial charge in [-0.3, -0.25) is 9.36 Å². The summed E-state index contributed by atoms with van der Waals surface area (Å²) in [5.41, 5.74) is 6.61. The Balaban J connectivity index is 1.36. The summed E-state index contributed by atoms with van der Waals surface area (Å²) in [5, 5.41) is 10.1. The summed E-state index contributed by atoms with van der Waals surface area (Å²) in [7, 11) is 1.66. The van der Waals surface area contributed by atoms with Crippen LogP contribution in [0, 0.1) is 0 Å². The summed E-state index contributed by atoms with van der Waals surface area (Å²) in [5.74, 6) is 1.08. The Hall–Kier alpha value is -2.93. The zero-order valence-electron chi connectivity index (χ0n) is 18.1. The average molecular weight is 476 g/mol. The molecule has 0 saturated carbocycles. The highest BCUT2D eigenvalue weighted by atomic mass is 35.5. The predicted octanol–water partition coefficient (Wildman–Crippen LogP) is 5.79. The number of halogens is 1. The Kier molecular flexibility index (Phi) is 6.31. The van der Waals surface area contributed by atoms with E-state index in [4.69, 9.17) is 16.3 Å². The molecule has 0 aliphatic heterocycles. The Morgan fingerprint density at radius 3 is 2.64 bits per heavy atom. The van der Waals surface area contributed by atoms with Crippen molar-refractivity contribution in [3.63, 3.8) is 0 Å². The Morgan fingerprint density at radius 2 is 1.82 bits per heavy atom. The molecule has 0 radical (unpaired) electrons. The molecule has 1 aliphatic rings. The van der Waals surface area contributed by atoms with Gasteiger partial charge >= 0.3 is 0 Å². The molecule has 1 aromatic heterocycles. The second-order valence-corrected chi connectivity index (χ2v) is 9.25. The molecule has 7 heteroatoms. The van der Waals surface area contributed by atoms with Gasteiger partial charge in [-0.2, -0.15) is 0 Å². The van der Waals surface area contributed by atoms with Crippen molar-refractivity contribution in [2.45, 2.75) is 18.1 Å². The number of rotatable bonds is 8. The lowest BCUT2D eigenvalue weighted by atomic mass is 10.0. The fourth-order valence-electron chi connectivity index (χ4n) is 4.10. The zero-order valence-corrected chi connectivity index (χ0v) is 19.7. The van der Waals surface area contributed by atoms with E-state index in [0.717, 1.165) is 28.9 Å². The lowest BCUT2D eigenvalue weighted by Gasteiger charge is -2.10. The van der Waals surface area contributed by atoms with Crippen molar-refractivity contribution >= 4 is 29.1 Å². The van der Waals surface area contributed by atoms with Crippen molar-refractivity contribution in [3.8, 4) is 22.5 Å². The van der Waals surface area contributed by atoms with Crippen LogP contribution in [0.5, 0.6) is 0 Å². The van der Waals surface area contributed by atoms with E-state index in [-0.39, 0.29) is 11.5 Å². The van der Waals surface area contributed by atoms with E-state index in [1.54, 1.807) is 7.11 Å². The smallest absolute Gasteiger partial charge is 0.192 e. The molecule has 0 bridgehead atoms. The van der Waals surface area contributed by atoms with Gasteiger partial charge in [-0.1, -0.05) is 59.8 Å². The molecule has 1 heterocycles. The molecule has 0 atom stereocenters. The molecule has 5 nitrogen and oxygen atoms in total. The van der Waals surface area contributed by atoms with Gasteiger partial charge in [-0.15, -0.1) is 10.2 Å². The number of carbonyl (C=O) groups is 1. The molecule has 0 amide bonds. The monoisotopic (exact) mass is 475 g/mol. The Morgan fingerprint density at radius 1 is 1.03 bits per heavy atom. The summed E-state index contributed by atoms with van der Waals surface area (Å²) in [6.45, 7) is 1.11. The number of methoxy groups -OCH3 is 1. The van der Waals surface area contributed by atoms with Gasteiger partial charge in [0.2, 0.25) is 0 Å². The van der Waals surface area contributed by atoms with Crippen LogP contribution in [0.2, 0.25) is 5.02 Å². The second-order valence-electron chi connectivity index (χ2n) is 7.88. The molecular formula is C26H22ClN3O2S. The zero-order chi connectivity index (χ0) is 22.8. The molecule has 0 unspecified atom stereocenters. The number of ether oxygens (including phenoxy) is 1. The van der Waals surface area contributed by atoms with Gasteiger partial charge in [-0.25, -0.2) is 0 Å². The highest BCUT2D eigenvalue weighted by Crippen LogP contribution is 2.37. The van der Waals surface area contributed by atoms with Gasteiger partial charge in [0.05, 0.1) is 18.9 Å². The number of thioether (sulfide) groups is 1. The molecule has 33 heavy (non-hydrogen) atoms. The maximum atomic E-state index is 13.1. The number of benzene rings is 3. The minimum absolute atomic E-state index is 0.0708. The van der Waals surface area contributed by atoms with E-state index in [2.05, 4.69) is 34.5 Å². The number of fused-ring (bicyclic) bond motifs is 3. The maximum Gasteiger partial charge on any atom is 0.192 e. The van der Waals surface area contributed by atoms with Gasteiger partial charge in [0, 0.05) is 23.3 Å². The minimum Gasteiger partial charge on any atom is -0.383 e. The number of hydrogen-bond acceptors (Lipinski definition) is 5. The molecule has 1 aliphatic carbocycles. The van der Waals surface area contributed by atoms with Gasteiger partial charge in [0.15, 0.2) is 16.8 Å². The third kappa shape index (κ3) is 4.47. The van der Waals surface area contributed by atoms with E-state index in [0.29, 0.717) is 23.3 Å². The van der Waals surface area contributed by atoms with Crippen LogP contribution in [0.4, 0.5) is 0 Å². The van der Waals surface area contributed by atoms with Crippen molar-refractivity contribution in [1.82, 2.24) is 14.8 Å². The summed E-state index contributed by atoms with van der Waals surface area (Å²) in [6, 6.07) is 21.9. The molecular weight excluding hydrogens is 454 g/mol. The second kappa shape index (κ2) is 9.51. The van der Waals surface area contributed by atoms with Crippen LogP contribution < -0.4 is 0 Å². The van der Waals surface area contributed by atoms with E-state index in [1.165, 1.54) is 28.5 Å². The molecule has 0 fully saturated rings. The lowest BCUT2D eigenvalue weighted by Crippen LogP contribution is -2.09. The Labute approximate surface area is 201 Å². The van der Waals surface area contributed by atoms with Crippen LogP contribution in [0.25, 0.3) is 22.5 Å². The highest BCUT2D eigenvalue weighted by molar-refractivity contribution is 7.99. The lowest BCUT2D eigenvalue weighted by molar-refractivity contribution is 0.102. The maximum absolute atomic E-state index is 13.1. The first kappa shape index (κ1) is 21.9. The van der Waals surface area contributed by atoms with Crippen LogP contribution in [-0.2, 0) is 17.7 Å². The molecule has 5 rings (SSSR count). The van der Waals surface area contributed by atoms with Crippen LogP contribution >= 0.6 is 23.4 Å². The number of hydrogen-bond donors (Lipinski definition) is 0. The fourth-order valence-corrected chi connectivity index (χ4v) is 5.09. The number of carbonyl (C=O) groups excluding carboxylic acids is 1. The summed E-state index contributed by atoms with van der Waals surface area (Å²) in [6.07, 6.45) is 0.921. The summed E-state index contributed by atoms with van der Waals surface area (Å²) < 4.78 is 7.26. The first-order chi connectivity index (χ1) is 16.1. The topological polar surface area (TPSA) is 57.0 Å². The summed E-state index contributed by atoms with van der Waals surface area (Å²) in [4.78, 5) is 13.1. The number of Topliss-reactive ketones (excluding diaryl/α,β-unsaturated/α-hetero) is 1. The molecule has 0 spiro atoms. The minimum atomic E-state index is 0.0708. The molecule has 0 saturated heterocycles. The van der Waals surface area contributed by atoms with Gasteiger partial charge in [-0.05, 0) is 59.0 Å². The normalized spacial score (nSPS) is 11.9. The molecule has 166 valence electrons. The summed E-state index contributed by atoms with van der Waals surface area (Å²) >= 11 is 7.43. The number of ketones is 1. The average Bonchev–Trinajstić information content (AvgIpc) is 3.42. The van der Waals surface area contributed by atoms with Gasteiger partial charge < -0.3 is 4.74 Å². The first-order valence-corrected chi connectivity index (χ1v) is 12.1. The van der Waals surface area contributed by atoms with Crippen LogP contribution in [0.15, 0.2) is 71.9 Å². The van der Waals surface area contributed by atoms with E-state index < -0.39 is 0 Å². The highest BCUT2D eigenvalue weighted by Gasteiger charge is 2.20. The predicted molar refractivity (Wildman–Crippen MR) is 132 cm³/mol. The SMILES string of the molecule is COCCn1c(SCC(=O)c2ccc3c(c2)-c2ccccc2C3)nnc1-c1ccc(Cl)cc1. The third-order valence-electron chi connectivity index (χ3n) is 5.79. The molecule has 0 N–H and O–H groups in total. The van der Waals surface area contributed by atoms with Crippen LogP contribution in [0.3, 0.4) is 0 Å². The molecule has 3 aromatic carbocycles. The van der Waals surface area contributed by atoms with Crippen molar-refractivity contribution < 1.29 is 9.53 Å². The van der Waals surface area contributed by atoms with Crippen LogP contribution in [0.1, 0.15) is 21.5 Å².